The molecule has 3 heteroatoms. The number of carbonyl (C=O) groups is 1. The second-order valence-electron chi connectivity index (χ2n) is 6.52. The molecule has 0 aromatic heterocycles. The molecule has 0 amide bonds. The molecule has 0 aromatic carbocycles. The third-order valence-corrected chi connectivity index (χ3v) is 4.98. The van der Waals surface area contributed by atoms with Crippen LogP contribution in [0.5, 0.6) is 0 Å². The maximum Gasteiger partial charge on any atom is 0.320 e. The van der Waals surface area contributed by atoms with Crippen LogP contribution in [0.1, 0.15) is 52.4 Å². The topological polar surface area (TPSA) is 40.5 Å². The fourth-order valence-corrected chi connectivity index (χ4v) is 3.69. The summed E-state index contributed by atoms with van der Waals surface area (Å²) in [6.45, 7) is 6.65. The van der Waals surface area contributed by atoms with Gasteiger partial charge in [0.1, 0.15) is 6.04 Å². The zero-order valence-corrected chi connectivity index (χ0v) is 11.8. The van der Waals surface area contributed by atoms with Crippen LogP contribution < -0.4 is 0 Å². The van der Waals surface area contributed by atoms with Crippen molar-refractivity contribution in [3.05, 3.63) is 0 Å². The highest BCUT2D eigenvalue weighted by Crippen LogP contribution is 2.34. The molecule has 3 nitrogen and oxygen atoms in total. The standard InChI is InChI=1S/C15H27NO2/c1-11(2)13-7-5-12(6-8-13)10-16-9-3-4-14(16)15(17)18/h11-14H,3-10H2,1-2H3,(H,17,18). The van der Waals surface area contributed by atoms with E-state index in [0.29, 0.717) is 0 Å². The van der Waals surface area contributed by atoms with Gasteiger partial charge in [0.15, 0.2) is 0 Å². The molecular weight excluding hydrogens is 226 g/mol. The molecule has 0 aromatic rings. The molecule has 0 radical (unpaired) electrons. The first kappa shape index (κ1) is 13.9. The second kappa shape index (κ2) is 6.05. The van der Waals surface area contributed by atoms with Gasteiger partial charge in [-0.25, -0.2) is 0 Å². The third kappa shape index (κ3) is 3.25. The van der Waals surface area contributed by atoms with Crippen LogP contribution in [0.3, 0.4) is 0 Å². The van der Waals surface area contributed by atoms with Crippen molar-refractivity contribution in [2.24, 2.45) is 17.8 Å². The maximum atomic E-state index is 11.2. The molecule has 1 unspecified atom stereocenters. The lowest BCUT2D eigenvalue weighted by molar-refractivity contribution is -0.142. The monoisotopic (exact) mass is 253 g/mol. The van der Waals surface area contributed by atoms with Crippen molar-refractivity contribution >= 4 is 5.97 Å². The Bertz CT molecular complexity index is 282. The molecule has 2 aliphatic rings. The van der Waals surface area contributed by atoms with E-state index >= 15 is 0 Å². The van der Waals surface area contributed by atoms with Crippen molar-refractivity contribution in [3.8, 4) is 0 Å². The Hall–Kier alpha value is -0.570. The normalized spacial score (nSPS) is 34.1. The summed E-state index contributed by atoms with van der Waals surface area (Å²) in [6.07, 6.45) is 7.17. The summed E-state index contributed by atoms with van der Waals surface area (Å²) in [5.74, 6) is 1.82. The van der Waals surface area contributed by atoms with E-state index in [1.54, 1.807) is 0 Å². The highest BCUT2D eigenvalue weighted by atomic mass is 16.4. The number of carboxylic acids is 1. The van der Waals surface area contributed by atoms with Crippen LogP contribution in [0.15, 0.2) is 0 Å². The van der Waals surface area contributed by atoms with Gasteiger partial charge in [-0.15, -0.1) is 0 Å². The molecule has 1 aliphatic heterocycles. The molecular formula is C15H27NO2. The molecule has 1 saturated heterocycles. The minimum Gasteiger partial charge on any atom is -0.480 e. The van der Waals surface area contributed by atoms with Gasteiger partial charge in [-0.05, 0) is 62.8 Å². The van der Waals surface area contributed by atoms with E-state index in [9.17, 15) is 9.90 Å². The largest absolute Gasteiger partial charge is 0.480 e. The van der Waals surface area contributed by atoms with Crippen LogP contribution >= 0.6 is 0 Å². The number of rotatable bonds is 4. The van der Waals surface area contributed by atoms with Crippen LogP contribution in [-0.4, -0.2) is 35.1 Å². The van der Waals surface area contributed by atoms with Crippen LogP contribution in [0.25, 0.3) is 0 Å². The maximum absolute atomic E-state index is 11.2. The summed E-state index contributed by atoms with van der Waals surface area (Å²) < 4.78 is 0. The summed E-state index contributed by atoms with van der Waals surface area (Å²) in [7, 11) is 0. The van der Waals surface area contributed by atoms with E-state index in [2.05, 4.69) is 18.7 Å². The number of likely N-dealkylation sites (tertiary alicyclic amines) is 1. The molecule has 18 heavy (non-hydrogen) atoms. The Labute approximate surface area is 111 Å². The first-order chi connectivity index (χ1) is 8.58. The van der Waals surface area contributed by atoms with Gasteiger partial charge in [0, 0.05) is 6.54 Å². The Morgan fingerprint density at radius 2 is 1.89 bits per heavy atom. The first-order valence-electron chi connectivity index (χ1n) is 7.54. The predicted molar refractivity (Wildman–Crippen MR) is 72.5 cm³/mol. The van der Waals surface area contributed by atoms with Gasteiger partial charge in [-0.1, -0.05) is 13.8 Å². The molecule has 104 valence electrons. The van der Waals surface area contributed by atoms with Crippen LogP contribution in [0.4, 0.5) is 0 Å². The van der Waals surface area contributed by atoms with Gasteiger partial charge in [-0.3, -0.25) is 9.69 Å². The van der Waals surface area contributed by atoms with Crippen molar-refractivity contribution in [2.75, 3.05) is 13.1 Å². The number of aliphatic carboxylic acids is 1. The molecule has 0 spiro atoms. The SMILES string of the molecule is CC(C)C1CCC(CN2CCCC2C(=O)O)CC1. The molecule has 2 rings (SSSR count). The first-order valence-corrected chi connectivity index (χ1v) is 7.54. The van der Waals surface area contributed by atoms with Crippen molar-refractivity contribution in [1.29, 1.82) is 0 Å². The highest BCUT2D eigenvalue weighted by molar-refractivity contribution is 5.73. The van der Waals surface area contributed by atoms with Crippen LogP contribution in [-0.2, 0) is 4.79 Å². The highest BCUT2D eigenvalue weighted by Gasteiger charge is 2.33. The van der Waals surface area contributed by atoms with Gasteiger partial charge in [0.05, 0.1) is 0 Å². The summed E-state index contributed by atoms with van der Waals surface area (Å²) >= 11 is 0. The molecule has 2 fully saturated rings. The lowest BCUT2D eigenvalue weighted by Crippen LogP contribution is -2.39. The molecule has 1 atom stereocenters. The lowest BCUT2D eigenvalue weighted by Gasteiger charge is -2.34. The van der Waals surface area contributed by atoms with Crippen molar-refractivity contribution < 1.29 is 9.90 Å². The number of nitrogens with zero attached hydrogens (tertiary/aromatic N) is 1. The zero-order chi connectivity index (χ0) is 13.1. The Kier molecular flexibility index (Phi) is 4.66. The number of hydrogen-bond donors (Lipinski definition) is 1. The smallest absolute Gasteiger partial charge is 0.320 e. The van der Waals surface area contributed by atoms with E-state index in [4.69, 9.17) is 0 Å². The number of carboxylic acid groups (broad SMARTS) is 1. The van der Waals surface area contributed by atoms with Gasteiger partial charge in [-0.2, -0.15) is 0 Å². The quantitative estimate of drug-likeness (QED) is 0.837. The Morgan fingerprint density at radius 3 is 2.44 bits per heavy atom. The zero-order valence-electron chi connectivity index (χ0n) is 11.8. The van der Waals surface area contributed by atoms with Crippen molar-refractivity contribution in [1.82, 2.24) is 4.90 Å². The summed E-state index contributed by atoms with van der Waals surface area (Å²) in [5.41, 5.74) is 0. The van der Waals surface area contributed by atoms with Crippen molar-refractivity contribution in [2.45, 2.75) is 58.4 Å². The van der Waals surface area contributed by atoms with Gasteiger partial charge >= 0.3 is 5.97 Å². The molecule has 0 bridgehead atoms. The minimum atomic E-state index is -0.622. The molecule has 1 aliphatic carbocycles. The average molecular weight is 253 g/mol. The van der Waals surface area contributed by atoms with Gasteiger partial charge in [0.2, 0.25) is 0 Å². The average Bonchev–Trinajstić information content (AvgIpc) is 2.78. The Morgan fingerprint density at radius 1 is 1.22 bits per heavy atom. The van der Waals surface area contributed by atoms with E-state index in [-0.39, 0.29) is 6.04 Å². The van der Waals surface area contributed by atoms with Gasteiger partial charge < -0.3 is 5.11 Å². The van der Waals surface area contributed by atoms with E-state index in [1.165, 1.54) is 25.7 Å². The lowest BCUT2D eigenvalue weighted by atomic mass is 9.77. The minimum absolute atomic E-state index is 0.201. The fraction of sp³-hybridized carbons (Fsp3) is 0.933. The Balaban J connectivity index is 1.79. The fourth-order valence-electron chi connectivity index (χ4n) is 3.69. The molecule has 1 N–H and O–H groups in total. The van der Waals surface area contributed by atoms with Crippen LogP contribution in [0.2, 0.25) is 0 Å². The van der Waals surface area contributed by atoms with E-state index in [0.717, 1.165) is 43.7 Å². The van der Waals surface area contributed by atoms with E-state index < -0.39 is 5.97 Å². The summed E-state index contributed by atoms with van der Waals surface area (Å²) in [4.78, 5) is 13.4. The third-order valence-electron chi connectivity index (χ3n) is 4.98. The van der Waals surface area contributed by atoms with E-state index in [1.807, 2.05) is 0 Å². The molecule has 1 heterocycles. The molecule has 1 saturated carbocycles. The van der Waals surface area contributed by atoms with Gasteiger partial charge in [0.25, 0.3) is 0 Å². The predicted octanol–water partition coefficient (Wildman–Crippen LogP) is 3.00. The number of hydrogen-bond acceptors (Lipinski definition) is 2. The summed E-state index contributed by atoms with van der Waals surface area (Å²) in [5, 5.41) is 9.19. The van der Waals surface area contributed by atoms with Crippen molar-refractivity contribution in [3.63, 3.8) is 0 Å². The summed E-state index contributed by atoms with van der Waals surface area (Å²) in [6, 6.07) is -0.201. The second-order valence-corrected chi connectivity index (χ2v) is 6.52. The van der Waals surface area contributed by atoms with Crippen LogP contribution in [0, 0.1) is 17.8 Å².